The molecule has 0 aliphatic rings. The standard InChI is InChI=1S/C21H28N2O6S/c1-5-28-19-12-7-16(13-20(19)29-6-2)14-22-21(24)15-23(30(4,25)26)17-8-10-18(27-3)11-9-17/h7-13H,5-6,14-15H2,1-4H3,(H,22,24). The predicted octanol–water partition coefficient (Wildman–Crippen LogP) is 2.58. The van der Waals surface area contributed by atoms with Crippen molar-refractivity contribution in [1.82, 2.24) is 5.32 Å². The van der Waals surface area contributed by atoms with Crippen LogP contribution in [0.15, 0.2) is 42.5 Å². The Kier molecular flexibility index (Phi) is 8.35. The van der Waals surface area contributed by atoms with Crippen LogP contribution in [-0.2, 0) is 21.4 Å². The molecule has 2 rings (SSSR count). The molecular formula is C21H28N2O6S. The monoisotopic (exact) mass is 436 g/mol. The summed E-state index contributed by atoms with van der Waals surface area (Å²) in [6.07, 6.45) is 1.06. The van der Waals surface area contributed by atoms with Gasteiger partial charge in [0.2, 0.25) is 15.9 Å². The number of methoxy groups -OCH3 is 1. The van der Waals surface area contributed by atoms with E-state index in [-0.39, 0.29) is 13.1 Å². The summed E-state index contributed by atoms with van der Waals surface area (Å²) in [4.78, 5) is 12.5. The van der Waals surface area contributed by atoms with E-state index in [1.807, 2.05) is 19.9 Å². The predicted molar refractivity (Wildman–Crippen MR) is 116 cm³/mol. The Hall–Kier alpha value is -2.94. The van der Waals surface area contributed by atoms with Crippen LogP contribution in [0.5, 0.6) is 17.2 Å². The number of carbonyl (C=O) groups excluding carboxylic acids is 1. The van der Waals surface area contributed by atoms with Gasteiger partial charge in [0, 0.05) is 6.54 Å². The lowest BCUT2D eigenvalue weighted by molar-refractivity contribution is -0.119. The van der Waals surface area contributed by atoms with Gasteiger partial charge < -0.3 is 19.5 Å². The largest absolute Gasteiger partial charge is 0.497 e. The molecule has 9 heteroatoms. The summed E-state index contributed by atoms with van der Waals surface area (Å²) in [5.41, 5.74) is 1.19. The van der Waals surface area contributed by atoms with E-state index >= 15 is 0 Å². The molecule has 0 aliphatic heterocycles. The molecular weight excluding hydrogens is 408 g/mol. The summed E-state index contributed by atoms with van der Waals surface area (Å²) in [5, 5.41) is 2.75. The average Bonchev–Trinajstić information content (AvgIpc) is 2.72. The smallest absolute Gasteiger partial charge is 0.241 e. The lowest BCUT2D eigenvalue weighted by Gasteiger charge is -2.22. The summed E-state index contributed by atoms with van der Waals surface area (Å²) in [6, 6.07) is 11.9. The Balaban J connectivity index is 2.07. The molecule has 1 N–H and O–H groups in total. The van der Waals surface area contributed by atoms with E-state index in [0.717, 1.165) is 16.1 Å². The second-order valence-corrected chi connectivity index (χ2v) is 8.30. The second kappa shape index (κ2) is 10.7. The Bertz CT molecular complexity index is 944. The van der Waals surface area contributed by atoms with E-state index < -0.39 is 15.9 Å². The zero-order valence-electron chi connectivity index (χ0n) is 17.7. The zero-order valence-corrected chi connectivity index (χ0v) is 18.5. The molecule has 30 heavy (non-hydrogen) atoms. The van der Waals surface area contributed by atoms with E-state index in [1.165, 1.54) is 7.11 Å². The van der Waals surface area contributed by atoms with Gasteiger partial charge in [0.15, 0.2) is 11.5 Å². The van der Waals surface area contributed by atoms with Crippen LogP contribution in [0, 0.1) is 0 Å². The van der Waals surface area contributed by atoms with Crippen LogP contribution < -0.4 is 23.8 Å². The third-order valence-corrected chi connectivity index (χ3v) is 5.29. The van der Waals surface area contributed by atoms with Crippen molar-refractivity contribution < 1.29 is 27.4 Å². The maximum Gasteiger partial charge on any atom is 0.241 e. The summed E-state index contributed by atoms with van der Waals surface area (Å²) in [5.74, 6) is 1.40. The Morgan fingerprint density at radius 2 is 1.63 bits per heavy atom. The molecule has 2 aromatic carbocycles. The molecule has 2 aromatic rings. The maximum absolute atomic E-state index is 12.5. The number of sulfonamides is 1. The van der Waals surface area contributed by atoms with Gasteiger partial charge in [0.25, 0.3) is 0 Å². The first-order valence-corrected chi connectivity index (χ1v) is 11.4. The van der Waals surface area contributed by atoms with Gasteiger partial charge in [-0.2, -0.15) is 0 Å². The Morgan fingerprint density at radius 1 is 1.00 bits per heavy atom. The number of rotatable bonds is 11. The van der Waals surface area contributed by atoms with E-state index in [4.69, 9.17) is 14.2 Å². The summed E-state index contributed by atoms with van der Waals surface area (Å²) in [7, 11) is -2.12. The van der Waals surface area contributed by atoms with Gasteiger partial charge in [-0.05, 0) is 55.8 Å². The van der Waals surface area contributed by atoms with Crippen LogP contribution >= 0.6 is 0 Å². The van der Waals surface area contributed by atoms with Crippen molar-refractivity contribution in [3.8, 4) is 17.2 Å². The van der Waals surface area contributed by atoms with Gasteiger partial charge in [0.05, 0.1) is 32.3 Å². The van der Waals surface area contributed by atoms with Crippen LogP contribution in [0.4, 0.5) is 5.69 Å². The van der Waals surface area contributed by atoms with Gasteiger partial charge in [0.1, 0.15) is 12.3 Å². The fourth-order valence-corrected chi connectivity index (χ4v) is 3.60. The van der Waals surface area contributed by atoms with Gasteiger partial charge >= 0.3 is 0 Å². The second-order valence-electron chi connectivity index (χ2n) is 6.39. The van der Waals surface area contributed by atoms with Gasteiger partial charge in [-0.3, -0.25) is 9.10 Å². The van der Waals surface area contributed by atoms with Crippen molar-refractivity contribution in [2.24, 2.45) is 0 Å². The molecule has 0 aliphatic carbocycles. The molecule has 0 saturated carbocycles. The number of nitrogens with zero attached hydrogens (tertiary/aromatic N) is 1. The molecule has 0 aromatic heterocycles. The minimum atomic E-state index is -3.65. The van der Waals surface area contributed by atoms with Gasteiger partial charge in [-0.15, -0.1) is 0 Å². The molecule has 1 amide bonds. The molecule has 0 radical (unpaired) electrons. The quantitative estimate of drug-likeness (QED) is 0.582. The highest BCUT2D eigenvalue weighted by Gasteiger charge is 2.21. The minimum Gasteiger partial charge on any atom is -0.497 e. The van der Waals surface area contributed by atoms with Crippen LogP contribution in [0.3, 0.4) is 0 Å². The molecule has 0 spiro atoms. The topological polar surface area (TPSA) is 94.2 Å². The first-order valence-electron chi connectivity index (χ1n) is 9.55. The van der Waals surface area contributed by atoms with E-state index in [0.29, 0.717) is 36.1 Å². The highest BCUT2D eigenvalue weighted by molar-refractivity contribution is 7.92. The molecule has 0 unspecified atom stereocenters. The highest BCUT2D eigenvalue weighted by Crippen LogP contribution is 2.28. The number of amides is 1. The molecule has 0 saturated heterocycles. The van der Waals surface area contributed by atoms with Crippen molar-refractivity contribution in [2.75, 3.05) is 37.4 Å². The molecule has 164 valence electrons. The molecule has 0 fully saturated rings. The van der Waals surface area contributed by atoms with Crippen molar-refractivity contribution >= 4 is 21.6 Å². The highest BCUT2D eigenvalue weighted by atomic mass is 32.2. The third-order valence-electron chi connectivity index (χ3n) is 4.15. The molecule has 0 heterocycles. The first kappa shape index (κ1) is 23.3. The van der Waals surface area contributed by atoms with Crippen LogP contribution in [0.1, 0.15) is 19.4 Å². The average molecular weight is 437 g/mol. The molecule has 0 bridgehead atoms. The summed E-state index contributed by atoms with van der Waals surface area (Å²) >= 11 is 0. The van der Waals surface area contributed by atoms with Gasteiger partial charge in [-0.25, -0.2) is 8.42 Å². The van der Waals surface area contributed by atoms with E-state index in [1.54, 1.807) is 36.4 Å². The van der Waals surface area contributed by atoms with Crippen molar-refractivity contribution in [3.05, 3.63) is 48.0 Å². The number of nitrogens with one attached hydrogen (secondary N) is 1. The Morgan fingerprint density at radius 3 is 2.20 bits per heavy atom. The lowest BCUT2D eigenvalue weighted by Crippen LogP contribution is -2.40. The number of hydrogen-bond donors (Lipinski definition) is 1. The van der Waals surface area contributed by atoms with Crippen molar-refractivity contribution in [3.63, 3.8) is 0 Å². The number of hydrogen-bond acceptors (Lipinski definition) is 6. The molecule has 0 atom stereocenters. The Labute approximate surface area is 177 Å². The maximum atomic E-state index is 12.5. The van der Waals surface area contributed by atoms with Crippen molar-refractivity contribution in [1.29, 1.82) is 0 Å². The summed E-state index contributed by atoms with van der Waals surface area (Å²) < 4.78 is 41.6. The number of carbonyl (C=O) groups is 1. The zero-order chi connectivity index (χ0) is 22.1. The number of benzene rings is 2. The third kappa shape index (κ3) is 6.55. The minimum absolute atomic E-state index is 0.228. The fraction of sp³-hybridized carbons (Fsp3) is 0.381. The summed E-state index contributed by atoms with van der Waals surface area (Å²) in [6.45, 7) is 4.67. The first-order chi connectivity index (χ1) is 14.3. The van der Waals surface area contributed by atoms with Crippen LogP contribution in [0.25, 0.3) is 0 Å². The van der Waals surface area contributed by atoms with E-state index in [9.17, 15) is 13.2 Å². The normalized spacial score (nSPS) is 10.9. The fourth-order valence-electron chi connectivity index (χ4n) is 2.74. The van der Waals surface area contributed by atoms with E-state index in [2.05, 4.69) is 5.32 Å². The SMILES string of the molecule is CCOc1ccc(CNC(=O)CN(c2ccc(OC)cc2)S(C)(=O)=O)cc1OCC. The number of ether oxygens (including phenoxy) is 3. The van der Waals surface area contributed by atoms with Crippen LogP contribution in [0.2, 0.25) is 0 Å². The lowest BCUT2D eigenvalue weighted by atomic mass is 10.2. The van der Waals surface area contributed by atoms with Crippen molar-refractivity contribution in [2.45, 2.75) is 20.4 Å². The molecule has 8 nitrogen and oxygen atoms in total. The number of anilines is 1. The van der Waals surface area contributed by atoms with Crippen LogP contribution in [-0.4, -0.2) is 47.4 Å². The van der Waals surface area contributed by atoms with Gasteiger partial charge in [-0.1, -0.05) is 6.07 Å².